The standard InChI is InChI=1S/C17H19N3O4/c1-23-14-7-12(8-15(24-2)16(14)21)10-19-20-17(22)13-5-3-11(9-18)4-6-13/h3-8,10,21H,9,18H2,1-2H3,(H,20,22). The normalized spacial score (nSPS) is 10.6. The Morgan fingerprint density at radius 3 is 2.29 bits per heavy atom. The molecule has 0 saturated heterocycles. The van der Waals surface area contributed by atoms with Crippen LogP contribution in [0, 0.1) is 0 Å². The number of nitrogens with two attached hydrogens (primary N) is 1. The highest BCUT2D eigenvalue weighted by molar-refractivity contribution is 5.95. The molecule has 2 aromatic rings. The molecule has 7 heteroatoms. The first-order valence-corrected chi connectivity index (χ1v) is 7.16. The lowest BCUT2D eigenvalue weighted by Gasteiger charge is -2.09. The van der Waals surface area contributed by atoms with E-state index in [2.05, 4.69) is 10.5 Å². The summed E-state index contributed by atoms with van der Waals surface area (Å²) in [6.45, 7) is 0.421. The number of hydrogen-bond acceptors (Lipinski definition) is 6. The third-order valence-corrected chi connectivity index (χ3v) is 3.33. The summed E-state index contributed by atoms with van der Waals surface area (Å²) in [6.07, 6.45) is 1.43. The van der Waals surface area contributed by atoms with E-state index in [4.69, 9.17) is 15.2 Å². The molecular formula is C17H19N3O4. The van der Waals surface area contributed by atoms with Crippen LogP contribution in [-0.2, 0) is 6.54 Å². The first-order chi connectivity index (χ1) is 11.6. The minimum Gasteiger partial charge on any atom is -0.502 e. The zero-order valence-corrected chi connectivity index (χ0v) is 13.4. The monoisotopic (exact) mass is 329 g/mol. The van der Waals surface area contributed by atoms with Gasteiger partial charge in [0.2, 0.25) is 5.75 Å². The van der Waals surface area contributed by atoms with Crippen molar-refractivity contribution in [1.82, 2.24) is 5.43 Å². The van der Waals surface area contributed by atoms with Gasteiger partial charge in [0.15, 0.2) is 11.5 Å². The molecule has 1 amide bonds. The molecule has 0 spiro atoms. The van der Waals surface area contributed by atoms with E-state index < -0.39 is 0 Å². The average molecular weight is 329 g/mol. The molecule has 2 aromatic carbocycles. The van der Waals surface area contributed by atoms with E-state index in [0.717, 1.165) is 5.56 Å². The number of amides is 1. The van der Waals surface area contributed by atoms with Crippen LogP contribution in [0.15, 0.2) is 41.5 Å². The van der Waals surface area contributed by atoms with Crippen molar-refractivity contribution in [1.29, 1.82) is 0 Å². The highest BCUT2D eigenvalue weighted by Crippen LogP contribution is 2.36. The number of ether oxygens (including phenoxy) is 2. The predicted octanol–water partition coefficient (Wildman–Crippen LogP) is 1.63. The van der Waals surface area contributed by atoms with E-state index in [-0.39, 0.29) is 23.2 Å². The SMILES string of the molecule is COc1cc(C=NNC(=O)c2ccc(CN)cc2)cc(OC)c1O. The van der Waals surface area contributed by atoms with E-state index in [9.17, 15) is 9.90 Å². The second kappa shape index (κ2) is 7.98. The van der Waals surface area contributed by atoms with Gasteiger partial charge in [-0.1, -0.05) is 12.1 Å². The van der Waals surface area contributed by atoms with Crippen molar-refractivity contribution >= 4 is 12.1 Å². The number of nitrogens with zero attached hydrogens (tertiary/aromatic N) is 1. The molecule has 0 unspecified atom stereocenters. The van der Waals surface area contributed by atoms with Gasteiger partial charge >= 0.3 is 0 Å². The minimum atomic E-state index is -0.340. The number of hydrogen-bond donors (Lipinski definition) is 3. The number of phenolic OH excluding ortho intramolecular Hbond substituents is 1. The Bertz CT molecular complexity index is 717. The lowest BCUT2D eigenvalue weighted by Crippen LogP contribution is -2.17. The van der Waals surface area contributed by atoms with Gasteiger partial charge in [0.05, 0.1) is 20.4 Å². The Labute approximate surface area is 139 Å². The smallest absolute Gasteiger partial charge is 0.271 e. The largest absolute Gasteiger partial charge is 0.502 e. The van der Waals surface area contributed by atoms with Gasteiger partial charge in [-0.2, -0.15) is 5.10 Å². The fraction of sp³-hybridized carbons (Fsp3) is 0.176. The van der Waals surface area contributed by atoms with E-state index in [1.54, 1.807) is 36.4 Å². The Hall–Kier alpha value is -3.06. The average Bonchev–Trinajstić information content (AvgIpc) is 2.62. The molecule has 0 bridgehead atoms. The van der Waals surface area contributed by atoms with Gasteiger partial charge < -0.3 is 20.3 Å². The Balaban J connectivity index is 2.09. The number of aromatic hydroxyl groups is 1. The molecule has 0 aromatic heterocycles. The Morgan fingerprint density at radius 2 is 1.79 bits per heavy atom. The van der Waals surface area contributed by atoms with Crippen LogP contribution in [0.25, 0.3) is 0 Å². The lowest BCUT2D eigenvalue weighted by atomic mass is 10.1. The summed E-state index contributed by atoms with van der Waals surface area (Å²) >= 11 is 0. The lowest BCUT2D eigenvalue weighted by molar-refractivity contribution is 0.0955. The molecule has 0 heterocycles. The number of rotatable bonds is 6. The molecule has 0 atom stereocenters. The molecule has 24 heavy (non-hydrogen) atoms. The summed E-state index contributed by atoms with van der Waals surface area (Å²) < 4.78 is 10.1. The fourth-order valence-corrected chi connectivity index (χ4v) is 2.01. The van der Waals surface area contributed by atoms with Gasteiger partial charge in [-0.3, -0.25) is 4.79 Å². The maximum Gasteiger partial charge on any atom is 0.271 e. The number of carbonyl (C=O) groups is 1. The first-order valence-electron chi connectivity index (χ1n) is 7.16. The Morgan fingerprint density at radius 1 is 1.21 bits per heavy atom. The van der Waals surface area contributed by atoms with Crippen molar-refractivity contribution in [3.63, 3.8) is 0 Å². The van der Waals surface area contributed by atoms with Gasteiger partial charge in [0.25, 0.3) is 5.91 Å². The van der Waals surface area contributed by atoms with Crippen LogP contribution in [0.5, 0.6) is 17.2 Å². The summed E-state index contributed by atoms with van der Waals surface area (Å²) in [5.41, 5.74) is 9.96. The fourth-order valence-electron chi connectivity index (χ4n) is 2.01. The van der Waals surface area contributed by atoms with Gasteiger partial charge in [-0.15, -0.1) is 0 Å². The van der Waals surface area contributed by atoms with Crippen LogP contribution in [-0.4, -0.2) is 31.4 Å². The van der Waals surface area contributed by atoms with Crippen molar-refractivity contribution in [3.8, 4) is 17.2 Å². The molecule has 0 aliphatic heterocycles. The highest BCUT2D eigenvalue weighted by Gasteiger charge is 2.10. The maximum atomic E-state index is 12.0. The van der Waals surface area contributed by atoms with Gasteiger partial charge in [-0.05, 0) is 29.8 Å². The zero-order valence-electron chi connectivity index (χ0n) is 13.4. The zero-order chi connectivity index (χ0) is 17.5. The third kappa shape index (κ3) is 4.02. The van der Waals surface area contributed by atoms with Crippen LogP contribution < -0.4 is 20.6 Å². The summed E-state index contributed by atoms with van der Waals surface area (Å²) in [6, 6.07) is 10.1. The number of hydrazone groups is 1. The van der Waals surface area contributed by atoms with Gasteiger partial charge in [0, 0.05) is 17.7 Å². The van der Waals surface area contributed by atoms with Gasteiger partial charge in [0.1, 0.15) is 0 Å². The van der Waals surface area contributed by atoms with Crippen LogP contribution in [0.4, 0.5) is 0 Å². The highest BCUT2D eigenvalue weighted by atomic mass is 16.5. The molecule has 126 valence electrons. The number of benzene rings is 2. The van der Waals surface area contributed by atoms with E-state index in [0.29, 0.717) is 17.7 Å². The maximum absolute atomic E-state index is 12.0. The summed E-state index contributed by atoms with van der Waals surface area (Å²) in [5, 5.41) is 13.7. The number of nitrogens with one attached hydrogen (secondary N) is 1. The third-order valence-electron chi connectivity index (χ3n) is 3.33. The van der Waals surface area contributed by atoms with Crippen LogP contribution in [0.3, 0.4) is 0 Å². The van der Waals surface area contributed by atoms with Crippen LogP contribution in [0.1, 0.15) is 21.5 Å². The molecule has 0 radical (unpaired) electrons. The molecule has 4 N–H and O–H groups in total. The molecular weight excluding hydrogens is 310 g/mol. The summed E-state index contributed by atoms with van der Waals surface area (Å²) in [4.78, 5) is 12.0. The summed E-state index contributed by atoms with van der Waals surface area (Å²) in [7, 11) is 2.87. The quantitative estimate of drug-likeness (QED) is 0.552. The number of carbonyl (C=O) groups excluding carboxylic acids is 1. The van der Waals surface area contributed by atoms with E-state index >= 15 is 0 Å². The molecule has 2 rings (SSSR count). The number of phenols is 1. The molecule has 0 aliphatic rings. The second-order valence-electron chi connectivity index (χ2n) is 4.87. The first kappa shape index (κ1) is 17.3. The number of methoxy groups -OCH3 is 2. The van der Waals surface area contributed by atoms with Crippen molar-refractivity contribution in [2.45, 2.75) is 6.54 Å². The van der Waals surface area contributed by atoms with E-state index in [1.807, 2.05) is 0 Å². The minimum absolute atomic E-state index is 0.0961. The predicted molar refractivity (Wildman–Crippen MR) is 90.6 cm³/mol. The molecule has 0 saturated carbocycles. The van der Waals surface area contributed by atoms with Crippen LogP contribution >= 0.6 is 0 Å². The van der Waals surface area contributed by atoms with Crippen molar-refractivity contribution in [3.05, 3.63) is 53.1 Å². The van der Waals surface area contributed by atoms with E-state index in [1.165, 1.54) is 20.4 Å². The summed E-state index contributed by atoms with van der Waals surface area (Å²) in [5.74, 6) is 0.0627. The molecule has 0 fully saturated rings. The molecule has 7 nitrogen and oxygen atoms in total. The second-order valence-corrected chi connectivity index (χ2v) is 4.87. The van der Waals surface area contributed by atoms with Crippen molar-refractivity contribution in [2.24, 2.45) is 10.8 Å². The Kier molecular flexibility index (Phi) is 5.75. The van der Waals surface area contributed by atoms with Crippen molar-refractivity contribution < 1.29 is 19.4 Å². The van der Waals surface area contributed by atoms with Gasteiger partial charge in [-0.25, -0.2) is 5.43 Å². The molecule has 0 aliphatic carbocycles. The van der Waals surface area contributed by atoms with Crippen LogP contribution in [0.2, 0.25) is 0 Å². The van der Waals surface area contributed by atoms with Crippen molar-refractivity contribution in [2.75, 3.05) is 14.2 Å². The topological polar surface area (TPSA) is 106 Å².